The molecule has 0 aromatic heterocycles. The minimum atomic E-state index is 0.0631. The fourth-order valence-electron chi connectivity index (χ4n) is 2.41. The molecule has 1 aliphatic heterocycles. The third-order valence-electron chi connectivity index (χ3n) is 3.63. The molecule has 1 aliphatic rings. The van der Waals surface area contributed by atoms with Gasteiger partial charge in [-0.25, -0.2) is 0 Å². The van der Waals surface area contributed by atoms with Gasteiger partial charge in [-0.05, 0) is 43.9 Å². The first-order valence-electron chi connectivity index (χ1n) is 6.42. The molecule has 18 heavy (non-hydrogen) atoms. The molecule has 94 valence electrons. The van der Waals surface area contributed by atoms with Crippen molar-refractivity contribution in [3.8, 4) is 6.07 Å². The Morgan fingerprint density at radius 2 is 2.06 bits per heavy atom. The van der Waals surface area contributed by atoms with Gasteiger partial charge in [0.25, 0.3) is 0 Å². The van der Waals surface area contributed by atoms with E-state index in [1.807, 2.05) is 6.07 Å². The summed E-state index contributed by atoms with van der Waals surface area (Å²) in [6.45, 7) is 5.78. The fourth-order valence-corrected chi connectivity index (χ4v) is 2.41. The number of nitriles is 1. The maximum atomic E-state index is 11.7. The lowest BCUT2D eigenvalue weighted by molar-refractivity contribution is 0.101. The Morgan fingerprint density at radius 3 is 2.61 bits per heavy atom. The van der Waals surface area contributed by atoms with Gasteiger partial charge in [0.1, 0.15) is 0 Å². The maximum Gasteiger partial charge on any atom is 0.161 e. The zero-order chi connectivity index (χ0) is 13.1. The summed E-state index contributed by atoms with van der Waals surface area (Å²) in [6.07, 6.45) is 2.29. The van der Waals surface area contributed by atoms with E-state index in [1.165, 1.54) is 0 Å². The monoisotopic (exact) mass is 242 g/mol. The van der Waals surface area contributed by atoms with Crippen LogP contribution in [0.5, 0.6) is 0 Å². The van der Waals surface area contributed by atoms with Gasteiger partial charge >= 0.3 is 0 Å². The van der Waals surface area contributed by atoms with Crippen LogP contribution in [-0.4, -0.2) is 18.9 Å². The molecule has 1 heterocycles. The topological polar surface area (TPSA) is 44.1 Å². The van der Waals surface area contributed by atoms with Gasteiger partial charge in [0.2, 0.25) is 0 Å². The van der Waals surface area contributed by atoms with E-state index in [1.54, 1.807) is 19.1 Å². The smallest absolute Gasteiger partial charge is 0.161 e. The summed E-state index contributed by atoms with van der Waals surface area (Å²) in [6, 6.07) is 7.47. The zero-order valence-electron chi connectivity index (χ0n) is 10.9. The van der Waals surface area contributed by atoms with Crippen molar-refractivity contribution in [3.05, 3.63) is 29.3 Å². The summed E-state index contributed by atoms with van der Waals surface area (Å²) in [5.41, 5.74) is 2.27. The molecule has 3 heteroatoms. The second kappa shape index (κ2) is 5.22. The largest absolute Gasteiger partial charge is 0.371 e. The van der Waals surface area contributed by atoms with Gasteiger partial charge in [0.05, 0.1) is 11.6 Å². The highest BCUT2D eigenvalue weighted by molar-refractivity contribution is 6.00. The summed E-state index contributed by atoms with van der Waals surface area (Å²) in [4.78, 5) is 13.9. The molecule has 0 unspecified atom stereocenters. The number of hydrogen-bond acceptors (Lipinski definition) is 3. The number of Topliss-reactive ketones (excluding diaryl/α,β-unsaturated/α-hetero) is 1. The third-order valence-corrected chi connectivity index (χ3v) is 3.63. The lowest BCUT2D eigenvalue weighted by atomic mass is 9.97. The lowest BCUT2D eigenvalue weighted by Gasteiger charge is -2.33. The predicted octanol–water partition coefficient (Wildman–Crippen LogP) is 3.00. The van der Waals surface area contributed by atoms with Crippen LogP contribution in [0.2, 0.25) is 0 Å². The van der Waals surface area contributed by atoms with Crippen LogP contribution in [0.1, 0.15) is 42.6 Å². The minimum absolute atomic E-state index is 0.0631. The second-order valence-electron chi connectivity index (χ2n) is 5.07. The van der Waals surface area contributed by atoms with E-state index in [2.05, 4.69) is 17.9 Å². The zero-order valence-corrected chi connectivity index (χ0v) is 10.9. The van der Waals surface area contributed by atoms with E-state index >= 15 is 0 Å². The molecule has 2 rings (SSSR count). The van der Waals surface area contributed by atoms with Crippen LogP contribution in [0.3, 0.4) is 0 Å². The average molecular weight is 242 g/mol. The lowest BCUT2D eigenvalue weighted by Crippen LogP contribution is -2.33. The van der Waals surface area contributed by atoms with Crippen molar-refractivity contribution in [3.63, 3.8) is 0 Å². The molecular weight excluding hydrogens is 224 g/mol. The maximum absolute atomic E-state index is 11.7. The molecule has 0 atom stereocenters. The molecule has 1 fully saturated rings. The molecule has 3 nitrogen and oxygen atoms in total. The van der Waals surface area contributed by atoms with E-state index in [0.29, 0.717) is 5.56 Å². The summed E-state index contributed by atoms with van der Waals surface area (Å²) >= 11 is 0. The van der Waals surface area contributed by atoms with Crippen molar-refractivity contribution in [2.24, 2.45) is 5.92 Å². The number of ketones is 1. The first-order valence-corrected chi connectivity index (χ1v) is 6.42. The Kier molecular flexibility index (Phi) is 3.66. The van der Waals surface area contributed by atoms with Crippen LogP contribution < -0.4 is 4.90 Å². The van der Waals surface area contributed by atoms with E-state index in [0.717, 1.165) is 43.1 Å². The number of nitrogens with zero attached hydrogens (tertiary/aromatic N) is 2. The van der Waals surface area contributed by atoms with Gasteiger partial charge in [0, 0.05) is 24.3 Å². The summed E-state index contributed by atoms with van der Waals surface area (Å²) < 4.78 is 0. The van der Waals surface area contributed by atoms with Crippen molar-refractivity contribution in [2.45, 2.75) is 26.7 Å². The highest BCUT2D eigenvalue weighted by Crippen LogP contribution is 2.27. The Labute approximate surface area is 108 Å². The van der Waals surface area contributed by atoms with E-state index in [-0.39, 0.29) is 5.78 Å². The molecule has 0 amide bonds. The fraction of sp³-hybridized carbons (Fsp3) is 0.467. The van der Waals surface area contributed by atoms with Crippen LogP contribution in [-0.2, 0) is 0 Å². The number of hydrogen-bond donors (Lipinski definition) is 0. The molecule has 0 bridgehead atoms. The Bertz CT molecular complexity index is 494. The van der Waals surface area contributed by atoms with E-state index in [4.69, 9.17) is 5.26 Å². The van der Waals surface area contributed by atoms with Gasteiger partial charge in [-0.15, -0.1) is 0 Å². The van der Waals surface area contributed by atoms with Gasteiger partial charge < -0.3 is 4.90 Å². The number of carbonyl (C=O) groups excluding carboxylic acids is 1. The molecule has 0 aliphatic carbocycles. The van der Waals surface area contributed by atoms with Crippen molar-refractivity contribution in [2.75, 3.05) is 18.0 Å². The SMILES string of the molecule is CC(=O)c1ccc(C#N)cc1N1CCC(C)CC1. The van der Waals surface area contributed by atoms with Crippen molar-refractivity contribution in [1.82, 2.24) is 0 Å². The van der Waals surface area contributed by atoms with Crippen molar-refractivity contribution >= 4 is 11.5 Å². The molecule has 0 saturated carbocycles. The molecule has 0 radical (unpaired) electrons. The van der Waals surface area contributed by atoms with Crippen LogP contribution in [0.15, 0.2) is 18.2 Å². The molecule has 0 spiro atoms. The normalized spacial score (nSPS) is 16.4. The standard InChI is InChI=1S/C15H18N2O/c1-11-5-7-17(8-6-11)15-9-13(10-16)3-4-14(15)12(2)18/h3-4,9,11H,5-8H2,1-2H3. The highest BCUT2D eigenvalue weighted by Gasteiger charge is 2.20. The molecule has 1 saturated heterocycles. The molecule has 1 aromatic carbocycles. The minimum Gasteiger partial charge on any atom is -0.371 e. The predicted molar refractivity (Wildman–Crippen MR) is 71.8 cm³/mol. The van der Waals surface area contributed by atoms with Crippen LogP contribution >= 0.6 is 0 Å². The number of piperidine rings is 1. The first kappa shape index (κ1) is 12.6. The van der Waals surface area contributed by atoms with E-state index in [9.17, 15) is 4.79 Å². The van der Waals surface area contributed by atoms with Gasteiger partial charge in [-0.3, -0.25) is 4.79 Å². The number of benzene rings is 1. The summed E-state index contributed by atoms with van der Waals surface area (Å²) in [7, 11) is 0. The molecular formula is C15H18N2O. The number of carbonyl (C=O) groups is 1. The van der Waals surface area contributed by atoms with Gasteiger partial charge in [-0.1, -0.05) is 6.92 Å². The van der Waals surface area contributed by atoms with E-state index < -0.39 is 0 Å². The van der Waals surface area contributed by atoms with Gasteiger partial charge in [0.15, 0.2) is 5.78 Å². The third kappa shape index (κ3) is 2.53. The molecule has 1 aromatic rings. The quantitative estimate of drug-likeness (QED) is 0.749. The number of anilines is 1. The Hall–Kier alpha value is -1.82. The average Bonchev–Trinajstić information content (AvgIpc) is 2.38. The summed E-state index contributed by atoms with van der Waals surface area (Å²) in [5, 5.41) is 8.98. The van der Waals surface area contributed by atoms with Crippen LogP contribution in [0.25, 0.3) is 0 Å². The first-order chi connectivity index (χ1) is 8.61. The Balaban J connectivity index is 2.35. The van der Waals surface area contributed by atoms with Crippen LogP contribution in [0, 0.1) is 17.2 Å². The van der Waals surface area contributed by atoms with Gasteiger partial charge in [-0.2, -0.15) is 5.26 Å². The van der Waals surface area contributed by atoms with Crippen molar-refractivity contribution in [1.29, 1.82) is 5.26 Å². The van der Waals surface area contributed by atoms with Crippen molar-refractivity contribution < 1.29 is 4.79 Å². The highest BCUT2D eigenvalue weighted by atomic mass is 16.1. The number of rotatable bonds is 2. The summed E-state index contributed by atoms with van der Waals surface area (Å²) in [5.74, 6) is 0.814. The van der Waals surface area contributed by atoms with Crippen LogP contribution in [0.4, 0.5) is 5.69 Å². The Morgan fingerprint density at radius 1 is 1.39 bits per heavy atom. The molecule has 0 N–H and O–H groups in total. The second-order valence-corrected chi connectivity index (χ2v) is 5.07.